The molecule has 0 aliphatic rings. The standard InChI is InChI=1S/C23H32OSi/c1-7-25(8-2,9-3)24-23-16-14-22(15-17-23)19(6)21-12-10-20(11-13-21)18(4)5/h10-18H,6-9H2,1-5H3. The van der Waals surface area contributed by atoms with Crippen molar-refractivity contribution in [2.75, 3.05) is 0 Å². The van der Waals surface area contributed by atoms with E-state index in [4.69, 9.17) is 4.43 Å². The fourth-order valence-corrected chi connectivity index (χ4v) is 5.75. The van der Waals surface area contributed by atoms with Gasteiger partial charge >= 0.3 is 0 Å². The Morgan fingerprint density at radius 2 is 1.28 bits per heavy atom. The molecule has 0 unspecified atom stereocenters. The SMILES string of the molecule is C=C(c1ccc(O[Si](CC)(CC)CC)cc1)c1ccc(C(C)C)cc1. The van der Waals surface area contributed by atoms with E-state index in [1.807, 2.05) is 0 Å². The Kier molecular flexibility index (Phi) is 6.66. The number of benzene rings is 2. The third-order valence-electron chi connectivity index (χ3n) is 5.40. The summed E-state index contributed by atoms with van der Waals surface area (Å²) in [6, 6.07) is 20.7. The van der Waals surface area contributed by atoms with E-state index in [0.29, 0.717) is 5.92 Å². The zero-order valence-corrected chi connectivity index (χ0v) is 17.4. The van der Waals surface area contributed by atoms with Crippen LogP contribution in [0, 0.1) is 0 Å². The maximum absolute atomic E-state index is 6.44. The topological polar surface area (TPSA) is 9.23 Å². The molecule has 1 nitrogen and oxygen atoms in total. The second-order valence-corrected chi connectivity index (χ2v) is 11.8. The van der Waals surface area contributed by atoms with Crippen LogP contribution in [0.25, 0.3) is 5.57 Å². The number of hydrogen-bond donors (Lipinski definition) is 0. The number of rotatable bonds is 8. The molecule has 0 atom stereocenters. The van der Waals surface area contributed by atoms with Gasteiger partial charge in [-0.15, -0.1) is 0 Å². The Morgan fingerprint density at radius 1 is 0.840 bits per heavy atom. The maximum Gasteiger partial charge on any atom is 0.250 e. The molecule has 134 valence electrons. The molecule has 2 rings (SSSR count). The van der Waals surface area contributed by atoms with Gasteiger partial charge < -0.3 is 4.43 Å². The van der Waals surface area contributed by atoms with Gasteiger partial charge in [0.25, 0.3) is 0 Å². The van der Waals surface area contributed by atoms with Crippen LogP contribution in [0.3, 0.4) is 0 Å². The van der Waals surface area contributed by atoms with Crippen LogP contribution in [0.4, 0.5) is 0 Å². The van der Waals surface area contributed by atoms with Gasteiger partial charge in [-0.2, -0.15) is 0 Å². The minimum Gasteiger partial charge on any atom is -0.544 e. The molecule has 0 aliphatic heterocycles. The summed E-state index contributed by atoms with van der Waals surface area (Å²) in [5.74, 6) is 1.56. The maximum atomic E-state index is 6.44. The first-order valence-corrected chi connectivity index (χ1v) is 12.1. The highest BCUT2D eigenvalue weighted by atomic mass is 28.4. The van der Waals surface area contributed by atoms with Gasteiger partial charge in [0, 0.05) is 0 Å². The lowest BCUT2D eigenvalue weighted by molar-refractivity contribution is 0.532. The van der Waals surface area contributed by atoms with E-state index in [9.17, 15) is 0 Å². The van der Waals surface area contributed by atoms with Gasteiger partial charge in [-0.1, -0.05) is 77.6 Å². The summed E-state index contributed by atoms with van der Waals surface area (Å²) in [5.41, 5.74) is 4.76. The van der Waals surface area contributed by atoms with Crippen molar-refractivity contribution in [2.45, 2.75) is 58.7 Å². The van der Waals surface area contributed by atoms with Crippen molar-refractivity contribution in [1.29, 1.82) is 0 Å². The van der Waals surface area contributed by atoms with Crippen LogP contribution in [0.5, 0.6) is 5.75 Å². The van der Waals surface area contributed by atoms with E-state index < -0.39 is 8.32 Å². The molecule has 0 N–H and O–H groups in total. The van der Waals surface area contributed by atoms with Gasteiger partial charge in [0.2, 0.25) is 8.32 Å². The van der Waals surface area contributed by atoms with Crippen molar-refractivity contribution in [3.05, 3.63) is 71.8 Å². The molecule has 25 heavy (non-hydrogen) atoms. The van der Waals surface area contributed by atoms with Crippen molar-refractivity contribution in [3.63, 3.8) is 0 Å². The monoisotopic (exact) mass is 352 g/mol. The highest BCUT2D eigenvalue weighted by molar-refractivity contribution is 6.74. The van der Waals surface area contributed by atoms with Gasteiger partial charge in [-0.05, 0) is 58.4 Å². The Hall–Kier alpha value is -1.80. The first kappa shape index (κ1) is 19.5. The summed E-state index contributed by atoms with van der Waals surface area (Å²) >= 11 is 0. The molecule has 0 bridgehead atoms. The van der Waals surface area contributed by atoms with Crippen LogP contribution in [0.15, 0.2) is 55.1 Å². The fraction of sp³-hybridized carbons (Fsp3) is 0.391. The molecule has 0 heterocycles. The van der Waals surface area contributed by atoms with Crippen molar-refractivity contribution >= 4 is 13.9 Å². The second-order valence-electron chi connectivity index (χ2n) is 7.13. The molecule has 0 aliphatic carbocycles. The zero-order chi connectivity index (χ0) is 18.4. The summed E-state index contributed by atoms with van der Waals surface area (Å²) in [6.45, 7) is 15.5. The van der Waals surface area contributed by atoms with E-state index in [1.165, 1.54) is 11.1 Å². The molecule has 0 saturated carbocycles. The van der Waals surface area contributed by atoms with Crippen molar-refractivity contribution < 1.29 is 4.43 Å². The van der Waals surface area contributed by atoms with Crippen molar-refractivity contribution in [3.8, 4) is 5.75 Å². The normalized spacial score (nSPS) is 11.6. The summed E-state index contributed by atoms with van der Waals surface area (Å²) in [6.07, 6.45) is 0. The molecular formula is C23H32OSi. The van der Waals surface area contributed by atoms with Gasteiger partial charge in [-0.3, -0.25) is 0 Å². The third-order valence-corrected chi connectivity index (χ3v) is 9.93. The lowest BCUT2D eigenvalue weighted by Gasteiger charge is -2.29. The molecule has 0 fully saturated rings. The van der Waals surface area contributed by atoms with E-state index in [1.54, 1.807) is 0 Å². The Balaban J connectivity index is 2.14. The minimum absolute atomic E-state index is 0.555. The zero-order valence-electron chi connectivity index (χ0n) is 16.4. The lowest BCUT2D eigenvalue weighted by Crippen LogP contribution is -2.39. The van der Waals surface area contributed by atoms with Crippen LogP contribution < -0.4 is 4.43 Å². The highest BCUT2D eigenvalue weighted by Gasteiger charge is 2.30. The van der Waals surface area contributed by atoms with E-state index in [0.717, 1.165) is 35.0 Å². The molecule has 0 radical (unpaired) electrons. The summed E-state index contributed by atoms with van der Waals surface area (Å²) in [4.78, 5) is 0. The van der Waals surface area contributed by atoms with E-state index in [-0.39, 0.29) is 0 Å². The van der Waals surface area contributed by atoms with Crippen LogP contribution in [-0.2, 0) is 0 Å². The van der Waals surface area contributed by atoms with E-state index in [2.05, 4.69) is 89.7 Å². The first-order chi connectivity index (χ1) is 11.9. The quantitative estimate of drug-likeness (QED) is 0.454. The van der Waals surface area contributed by atoms with Crippen LogP contribution in [0.1, 0.15) is 57.2 Å². The molecule has 2 heteroatoms. The number of hydrogen-bond acceptors (Lipinski definition) is 1. The summed E-state index contributed by atoms with van der Waals surface area (Å²) < 4.78 is 6.44. The van der Waals surface area contributed by atoms with Crippen LogP contribution in [0.2, 0.25) is 18.1 Å². The average molecular weight is 353 g/mol. The lowest BCUT2D eigenvalue weighted by atomic mass is 9.96. The molecule has 0 amide bonds. The summed E-state index contributed by atoms with van der Waals surface area (Å²) in [7, 11) is -1.61. The molecule has 2 aromatic rings. The predicted octanol–water partition coefficient (Wildman–Crippen LogP) is 7.26. The predicted molar refractivity (Wildman–Crippen MR) is 113 cm³/mol. The molecular weight excluding hydrogens is 320 g/mol. The van der Waals surface area contributed by atoms with E-state index >= 15 is 0 Å². The van der Waals surface area contributed by atoms with Gasteiger partial charge in [0.05, 0.1) is 0 Å². The Bertz CT molecular complexity index is 671. The fourth-order valence-electron chi connectivity index (χ4n) is 3.18. The van der Waals surface area contributed by atoms with Gasteiger partial charge in [-0.25, -0.2) is 0 Å². The molecule has 0 spiro atoms. The van der Waals surface area contributed by atoms with Crippen molar-refractivity contribution in [1.82, 2.24) is 0 Å². The smallest absolute Gasteiger partial charge is 0.250 e. The molecule has 0 aromatic heterocycles. The average Bonchev–Trinajstić information content (AvgIpc) is 2.66. The first-order valence-electron chi connectivity index (χ1n) is 9.53. The third kappa shape index (κ3) is 4.64. The largest absolute Gasteiger partial charge is 0.544 e. The summed E-state index contributed by atoms with van der Waals surface area (Å²) in [5, 5.41) is 0. The minimum atomic E-state index is -1.61. The Labute approximate surface area is 154 Å². The molecule has 0 saturated heterocycles. The molecule has 2 aromatic carbocycles. The highest BCUT2D eigenvalue weighted by Crippen LogP contribution is 2.28. The second kappa shape index (κ2) is 8.53. The van der Waals surface area contributed by atoms with Gasteiger partial charge in [0.1, 0.15) is 5.75 Å². The Morgan fingerprint density at radius 3 is 1.68 bits per heavy atom. The van der Waals surface area contributed by atoms with Gasteiger partial charge in [0.15, 0.2) is 0 Å². The van der Waals surface area contributed by atoms with Crippen molar-refractivity contribution in [2.24, 2.45) is 0 Å². The van der Waals surface area contributed by atoms with Crippen LogP contribution >= 0.6 is 0 Å². The van der Waals surface area contributed by atoms with Crippen LogP contribution in [-0.4, -0.2) is 8.32 Å².